The molecule has 214 valence electrons. The predicted octanol–water partition coefficient (Wildman–Crippen LogP) is 8.93. The molecule has 0 N–H and O–H groups in total. The first-order valence-corrected chi connectivity index (χ1v) is 16.3. The quantitative estimate of drug-likeness (QED) is 0.119. The van der Waals surface area contributed by atoms with E-state index in [4.69, 9.17) is 10.2 Å². The largest absolute Gasteiger partial charge is 0.280 e. The minimum absolute atomic E-state index is 0.143. The Kier molecular flexibility index (Phi) is 8.91. The van der Waals surface area contributed by atoms with Crippen LogP contribution in [0, 0.1) is 6.92 Å². The van der Waals surface area contributed by atoms with Crippen molar-refractivity contribution in [1.82, 2.24) is 9.78 Å². The summed E-state index contributed by atoms with van der Waals surface area (Å²) >= 11 is 3.53. The number of amides is 1. The van der Waals surface area contributed by atoms with Gasteiger partial charge >= 0.3 is 0 Å². The van der Waals surface area contributed by atoms with Crippen LogP contribution in [-0.4, -0.2) is 32.9 Å². The highest BCUT2D eigenvalue weighted by molar-refractivity contribution is 8.00. The molecule has 2 heterocycles. The summed E-state index contributed by atoms with van der Waals surface area (Å²) in [7, 11) is 0. The van der Waals surface area contributed by atoms with E-state index in [1.165, 1.54) is 15.5 Å². The van der Waals surface area contributed by atoms with Gasteiger partial charge in [0.05, 0.1) is 28.4 Å². The van der Waals surface area contributed by atoms with E-state index in [2.05, 4.69) is 62.4 Å². The number of hydrogen-bond donors (Lipinski definition) is 0. The molecule has 1 aromatic heterocycles. The lowest BCUT2D eigenvalue weighted by atomic mass is 10.0. The third-order valence-electron chi connectivity index (χ3n) is 7.02. The van der Waals surface area contributed by atoms with E-state index in [1.807, 2.05) is 89.4 Å². The monoisotopic (exact) mass is 600 g/mol. The summed E-state index contributed by atoms with van der Waals surface area (Å²) in [4.78, 5) is 16.3. The number of benzene rings is 4. The zero-order valence-electron chi connectivity index (χ0n) is 24.2. The van der Waals surface area contributed by atoms with Gasteiger partial charge in [-0.05, 0) is 73.7 Å². The van der Waals surface area contributed by atoms with Crippen molar-refractivity contribution in [2.45, 2.75) is 30.1 Å². The smallest absolute Gasteiger partial charge is 0.267 e. The van der Waals surface area contributed by atoms with Crippen molar-refractivity contribution in [3.05, 3.63) is 132 Å². The SMILES string of the molecule is CCCSc1ccc(-c2nn(-c3ccccc3)cc2C=C2C(=O)N(c3ccccc3)N=C2CSc2ccc(C)cc2)cc1. The van der Waals surface area contributed by atoms with Crippen LogP contribution in [0.25, 0.3) is 23.0 Å². The molecule has 5 nitrogen and oxygen atoms in total. The summed E-state index contributed by atoms with van der Waals surface area (Å²) in [5, 5.41) is 11.4. The highest BCUT2D eigenvalue weighted by atomic mass is 32.2. The Hall–Kier alpha value is -4.33. The lowest BCUT2D eigenvalue weighted by Crippen LogP contribution is -2.21. The van der Waals surface area contributed by atoms with Crippen LogP contribution in [0.15, 0.2) is 136 Å². The minimum Gasteiger partial charge on any atom is -0.267 e. The molecule has 43 heavy (non-hydrogen) atoms. The van der Waals surface area contributed by atoms with Gasteiger partial charge in [-0.1, -0.05) is 73.2 Å². The van der Waals surface area contributed by atoms with Gasteiger partial charge in [-0.15, -0.1) is 23.5 Å². The van der Waals surface area contributed by atoms with Crippen LogP contribution in [0.4, 0.5) is 5.69 Å². The molecule has 0 fully saturated rings. The van der Waals surface area contributed by atoms with E-state index < -0.39 is 0 Å². The number of aryl methyl sites for hydroxylation is 1. The van der Waals surface area contributed by atoms with Crippen LogP contribution < -0.4 is 5.01 Å². The van der Waals surface area contributed by atoms with Gasteiger partial charge in [0.25, 0.3) is 5.91 Å². The molecule has 0 atom stereocenters. The number of hydrazone groups is 1. The summed E-state index contributed by atoms with van der Waals surface area (Å²) in [6.07, 6.45) is 5.09. The van der Waals surface area contributed by atoms with Crippen molar-refractivity contribution in [1.29, 1.82) is 0 Å². The lowest BCUT2D eigenvalue weighted by Gasteiger charge is -2.11. The molecule has 1 aliphatic rings. The second kappa shape index (κ2) is 13.3. The van der Waals surface area contributed by atoms with Gasteiger partial charge in [0.15, 0.2) is 0 Å². The number of rotatable bonds is 10. The molecule has 7 heteroatoms. The lowest BCUT2D eigenvalue weighted by molar-refractivity contribution is -0.114. The Morgan fingerprint density at radius 3 is 2.07 bits per heavy atom. The van der Waals surface area contributed by atoms with Crippen LogP contribution in [0.2, 0.25) is 0 Å². The van der Waals surface area contributed by atoms with Crippen LogP contribution in [-0.2, 0) is 4.79 Å². The van der Waals surface area contributed by atoms with E-state index in [1.54, 1.807) is 11.8 Å². The summed E-state index contributed by atoms with van der Waals surface area (Å²) < 4.78 is 1.88. The maximum absolute atomic E-state index is 14.0. The highest BCUT2D eigenvalue weighted by Gasteiger charge is 2.31. The van der Waals surface area contributed by atoms with Crippen molar-refractivity contribution in [2.75, 3.05) is 16.5 Å². The number of hydrogen-bond acceptors (Lipinski definition) is 5. The average molecular weight is 601 g/mol. The molecular weight excluding hydrogens is 569 g/mol. The van der Waals surface area contributed by atoms with Crippen molar-refractivity contribution >= 4 is 46.9 Å². The number of anilines is 1. The first-order chi connectivity index (χ1) is 21.1. The Labute approximate surface area is 261 Å². The number of carbonyl (C=O) groups excluding carboxylic acids is 1. The van der Waals surface area contributed by atoms with Gasteiger partial charge in [0.1, 0.15) is 0 Å². The molecule has 0 saturated heterocycles. The molecule has 1 aliphatic heterocycles. The molecule has 5 aromatic rings. The molecule has 0 bridgehead atoms. The van der Waals surface area contributed by atoms with Crippen LogP contribution in [0.1, 0.15) is 24.5 Å². The summed E-state index contributed by atoms with van der Waals surface area (Å²) in [5.74, 6) is 1.51. The molecule has 1 amide bonds. The molecule has 6 rings (SSSR count). The van der Waals surface area contributed by atoms with Crippen molar-refractivity contribution in [2.24, 2.45) is 5.10 Å². The number of carbonyl (C=O) groups is 1. The van der Waals surface area contributed by atoms with Gasteiger partial charge < -0.3 is 0 Å². The van der Waals surface area contributed by atoms with Crippen LogP contribution in [0.5, 0.6) is 0 Å². The van der Waals surface area contributed by atoms with E-state index in [9.17, 15) is 4.79 Å². The fraction of sp³-hybridized carbons (Fsp3) is 0.139. The van der Waals surface area contributed by atoms with Gasteiger partial charge in [-0.2, -0.15) is 15.2 Å². The summed E-state index contributed by atoms with van der Waals surface area (Å²) in [6, 6.07) is 36.6. The molecule has 0 radical (unpaired) electrons. The second-order valence-corrected chi connectivity index (χ2v) is 12.5. The topological polar surface area (TPSA) is 50.5 Å². The van der Waals surface area contributed by atoms with Crippen LogP contribution >= 0.6 is 23.5 Å². The fourth-order valence-electron chi connectivity index (χ4n) is 4.75. The van der Waals surface area contributed by atoms with Gasteiger partial charge in [-0.25, -0.2) is 4.68 Å². The second-order valence-electron chi connectivity index (χ2n) is 10.2. The van der Waals surface area contributed by atoms with Gasteiger partial charge in [0.2, 0.25) is 0 Å². The molecule has 0 unspecified atom stereocenters. The third-order valence-corrected chi connectivity index (χ3v) is 9.26. The van der Waals surface area contributed by atoms with Crippen molar-refractivity contribution < 1.29 is 4.79 Å². The minimum atomic E-state index is -0.143. The van der Waals surface area contributed by atoms with E-state index >= 15 is 0 Å². The molecule has 0 spiro atoms. The Bertz CT molecular complexity index is 1760. The van der Waals surface area contributed by atoms with Crippen molar-refractivity contribution in [3.8, 4) is 16.9 Å². The fourth-order valence-corrected chi connectivity index (χ4v) is 6.37. The standard InChI is InChI=1S/C36H32N4OS2/c1-3-22-42-31-20-16-27(17-21-31)35-28(24-39(38-35)29-10-6-4-7-11-29)23-33-34(25-43-32-18-14-26(2)15-19-32)37-40(36(33)41)30-12-8-5-9-13-30/h4-21,23-24H,3,22,25H2,1-2H3. The van der Waals surface area contributed by atoms with E-state index in [0.29, 0.717) is 11.3 Å². The van der Waals surface area contributed by atoms with E-state index in [0.717, 1.165) is 51.0 Å². The zero-order valence-corrected chi connectivity index (χ0v) is 25.8. The number of para-hydroxylation sites is 2. The number of thioether (sulfide) groups is 2. The van der Waals surface area contributed by atoms with Crippen molar-refractivity contribution in [3.63, 3.8) is 0 Å². The molecule has 0 saturated carbocycles. The summed E-state index contributed by atoms with van der Waals surface area (Å²) in [5.41, 5.74) is 6.92. The van der Waals surface area contributed by atoms with E-state index in [-0.39, 0.29) is 5.91 Å². The molecule has 4 aromatic carbocycles. The maximum Gasteiger partial charge on any atom is 0.280 e. The van der Waals surface area contributed by atoms with Gasteiger partial charge in [0, 0.05) is 32.9 Å². The first kappa shape index (κ1) is 28.8. The Balaban J connectivity index is 1.41. The average Bonchev–Trinajstić information content (AvgIpc) is 3.62. The maximum atomic E-state index is 14.0. The normalized spacial score (nSPS) is 14.0. The first-order valence-electron chi connectivity index (χ1n) is 14.4. The highest BCUT2D eigenvalue weighted by Crippen LogP contribution is 2.32. The van der Waals surface area contributed by atoms with Crippen LogP contribution in [0.3, 0.4) is 0 Å². The Morgan fingerprint density at radius 2 is 1.40 bits per heavy atom. The molecular formula is C36H32N4OS2. The van der Waals surface area contributed by atoms with Gasteiger partial charge in [-0.3, -0.25) is 4.79 Å². The number of nitrogens with zero attached hydrogens (tertiary/aromatic N) is 4. The molecule has 0 aliphatic carbocycles. The third kappa shape index (κ3) is 6.69. The zero-order chi connectivity index (χ0) is 29.6. The number of aromatic nitrogens is 2. The Morgan fingerprint density at radius 1 is 0.767 bits per heavy atom. The predicted molar refractivity (Wildman–Crippen MR) is 181 cm³/mol. The summed E-state index contributed by atoms with van der Waals surface area (Å²) in [6.45, 7) is 4.27.